The second kappa shape index (κ2) is 6.19. The predicted molar refractivity (Wildman–Crippen MR) is 81.4 cm³/mol. The van der Waals surface area contributed by atoms with Gasteiger partial charge in [0.1, 0.15) is 0 Å². The molecule has 6 nitrogen and oxygen atoms in total. The molecule has 112 valence electrons. The van der Waals surface area contributed by atoms with Crippen molar-refractivity contribution in [1.29, 1.82) is 0 Å². The number of aromatic nitrogens is 2. The van der Waals surface area contributed by atoms with Crippen molar-refractivity contribution in [2.24, 2.45) is 0 Å². The summed E-state index contributed by atoms with van der Waals surface area (Å²) in [4.78, 5) is 10.3. The number of pyridine rings is 2. The van der Waals surface area contributed by atoms with Crippen molar-refractivity contribution in [1.82, 2.24) is 9.97 Å². The smallest absolute Gasteiger partial charge is 0.266 e. The third kappa shape index (κ3) is 3.99. The average molecular weight is 307 g/mol. The summed E-state index contributed by atoms with van der Waals surface area (Å²) in [6, 6.07) is 7.29. The van der Waals surface area contributed by atoms with Crippen LogP contribution in [-0.2, 0) is 10.1 Å². The van der Waals surface area contributed by atoms with Crippen molar-refractivity contribution in [3.63, 3.8) is 0 Å². The molecule has 7 heteroatoms. The van der Waals surface area contributed by atoms with Crippen LogP contribution in [-0.4, -0.2) is 35.2 Å². The first kappa shape index (κ1) is 15.4. The highest BCUT2D eigenvalue weighted by atomic mass is 32.2. The Hall–Kier alpha value is -1.99. The molecule has 0 radical (unpaired) electrons. The van der Waals surface area contributed by atoms with E-state index < -0.39 is 10.1 Å². The number of aryl methyl sites for hydroxylation is 2. The van der Waals surface area contributed by atoms with E-state index in [0.717, 1.165) is 22.8 Å². The summed E-state index contributed by atoms with van der Waals surface area (Å²) in [6.07, 6.45) is 3.35. The lowest BCUT2D eigenvalue weighted by atomic mass is 10.2. The van der Waals surface area contributed by atoms with Gasteiger partial charge < -0.3 is 4.90 Å². The van der Waals surface area contributed by atoms with Crippen molar-refractivity contribution in [2.45, 2.75) is 13.8 Å². The van der Waals surface area contributed by atoms with Gasteiger partial charge in [-0.15, -0.1) is 0 Å². The van der Waals surface area contributed by atoms with Gasteiger partial charge in [-0.1, -0.05) is 0 Å². The van der Waals surface area contributed by atoms with Gasteiger partial charge in [0.15, 0.2) is 0 Å². The molecule has 21 heavy (non-hydrogen) atoms. The Balaban J connectivity index is 2.45. The predicted octanol–water partition coefficient (Wildman–Crippen LogP) is 2.12. The Morgan fingerprint density at radius 3 is 1.90 bits per heavy atom. The molecule has 2 heterocycles. The number of hydrogen-bond acceptors (Lipinski definition) is 5. The zero-order valence-corrected chi connectivity index (χ0v) is 12.7. The summed E-state index contributed by atoms with van der Waals surface area (Å²) in [5.74, 6) is -0.365. The maximum atomic E-state index is 11.1. The highest BCUT2D eigenvalue weighted by Crippen LogP contribution is 2.28. The van der Waals surface area contributed by atoms with Crippen LogP contribution in [0, 0.1) is 13.8 Å². The molecule has 1 N–H and O–H groups in total. The van der Waals surface area contributed by atoms with Crippen LogP contribution in [0.4, 0.5) is 11.4 Å². The third-order valence-electron chi connectivity index (χ3n) is 3.11. The quantitative estimate of drug-likeness (QED) is 0.852. The van der Waals surface area contributed by atoms with Crippen LogP contribution in [0.15, 0.2) is 36.7 Å². The Kier molecular flexibility index (Phi) is 4.54. The Bertz CT molecular complexity index is 686. The number of anilines is 2. The summed E-state index contributed by atoms with van der Waals surface area (Å²) < 4.78 is 31.1. The van der Waals surface area contributed by atoms with Crippen LogP contribution in [0.25, 0.3) is 0 Å². The molecule has 0 aliphatic rings. The van der Waals surface area contributed by atoms with Crippen molar-refractivity contribution in [3.8, 4) is 0 Å². The van der Waals surface area contributed by atoms with Crippen LogP contribution in [0.5, 0.6) is 0 Å². The van der Waals surface area contributed by atoms with Gasteiger partial charge in [-0.2, -0.15) is 8.42 Å². The number of nitrogens with zero attached hydrogens (tertiary/aromatic N) is 3. The van der Waals surface area contributed by atoms with Gasteiger partial charge in [-0.05, 0) is 38.1 Å². The maximum absolute atomic E-state index is 11.1. The molecule has 0 unspecified atom stereocenters. The molecular formula is C14H17N3O3S. The fourth-order valence-electron chi connectivity index (χ4n) is 2.10. The molecule has 0 fully saturated rings. The third-order valence-corrected chi connectivity index (χ3v) is 3.81. The van der Waals surface area contributed by atoms with Crippen LogP contribution < -0.4 is 4.90 Å². The lowest BCUT2D eigenvalue weighted by molar-refractivity contribution is 0.483. The standard InChI is InChI=1S/C14H17N3O3S/c1-11-13(5-3-7-15-11)17(9-10-21(18,19)20)14-6-4-8-16-12(14)2/h3-8H,9-10H2,1-2H3,(H,18,19,20). The lowest BCUT2D eigenvalue weighted by Gasteiger charge is -2.26. The summed E-state index contributed by atoms with van der Waals surface area (Å²) in [7, 11) is -4.04. The minimum Gasteiger partial charge on any atom is -0.337 e. The van der Waals surface area contributed by atoms with E-state index in [1.165, 1.54) is 0 Å². The Labute approximate surface area is 124 Å². The van der Waals surface area contributed by atoms with Crippen LogP contribution in [0.2, 0.25) is 0 Å². The van der Waals surface area contributed by atoms with Gasteiger partial charge in [-0.3, -0.25) is 14.5 Å². The highest BCUT2D eigenvalue weighted by Gasteiger charge is 2.17. The van der Waals surface area contributed by atoms with E-state index in [9.17, 15) is 8.42 Å². The molecule has 0 aliphatic heterocycles. The molecule has 0 bridgehead atoms. The molecule has 0 saturated carbocycles. The zero-order valence-electron chi connectivity index (χ0n) is 11.9. The molecule has 0 aliphatic carbocycles. The molecule has 2 aromatic heterocycles. The molecule has 0 spiro atoms. The van der Waals surface area contributed by atoms with Gasteiger partial charge in [0.05, 0.1) is 28.5 Å². The molecule has 0 saturated heterocycles. The Morgan fingerprint density at radius 2 is 1.52 bits per heavy atom. The second-order valence-electron chi connectivity index (χ2n) is 4.65. The molecule has 0 aromatic carbocycles. The molecule has 2 rings (SSSR count). The summed E-state index contributed by atoms with van der Waals surface area (Å²) in [6.45, 7) is 3.82. The zero-order chi connectivity index (χ0) is 15.5. The first-order valence-corrected chi connectivity index (χ1v) is 8.05. The topological polar surface area (TPSA) is 83.4 Å². The van der Waals surface area contributed by atoms with Gasteiger partial charge in [-0.25, -0.2) is 0 Å². The summed E-state index contributed by atoms with van der Waals surface area (Å²) in [5, 5.41) is 0. The van der Waals surface area contributed by atoms with E-state index in [-0.39, 0.29) is 12.3 Å². The van der Waals surface area contributed by atoms with E-state index in [1.807, 2.05) is 26.0 Å². The van der Waals surface area contributed by atoms with E-state index >= 15 is 0 Å². The fraction of sp³-hybridized carbons (Fsp3) is 0.286. The van der Waals surface area contributed by atoms with E-state index in [1.54, 1.807) is 29.4 Å². The van der Waals surface area contributed by atoms with E-state index in [0.29, 0.717) is 0 Å². The van der Waals surface area contributed by atoms with Crippen LogP contribution >= 0.6 is 0 Å². The van der Waals surface area contributed by atoms with E-state index in [2.05, 4.69) is 9.97 Å². The van der Waals surface area contributed by atoms with Gasteiger partial charge in [0, 0.05) is 18.9 Å². The first-order valence-electron chi connectivity index (χ1n) is 6.44. The Morgan fingerprint density at radius 1 is 1.05 bits per heavy atom. The van der Waals surface area contributed by atoms with Crippen LogP contribution in [0.3, 0.4) is 0 Å². The first-order chi connectivity index (χ1) is 9.88. The monoisotopic (exact) mass is 307 g/mol. The van der Waals surface area contributed by atoms with Gasteiger partial charge >= 0.3 is 0 Å². The van der Waals surface area contributed by atoms with Crippen LogP contribution in [0.1, 0.15) is 11.4 Å². The normalized spacial score (nSPS) is 11.4. The SMILES string of the molecule is Cc1ncccc1N(CCS(=O)(=O)O)c1cccnc1C. The number of rotatable bonds is 5. The van der Waals surface area contributed by atoms with Crippen molar-refractivity contribution < 1.29 is 13.0 Å². The summed E-state index contributed by atoms with van der Waals surface area (Å²) >= 11 is 0. The van der Waals surface area contributed by atoms with Gasteiger partial charge in [0.25, 0.3) is 10.1 Å². The van der Waals surface area contributed by atoms with Crippen molar-refractivity contribution >= 4 is 21.5 Å². The number of hydrogen-bond donors (Lipinski definition) is 1. The molecule has 2 aromatic rings. The summed E-state index contributed by atoms with van der Waals surface area (Å²) in [5.41, 5.74) is 3.13. The minimum atomic E-state index is -4.04. The molecule has 0 amide bonds. The molecule has 0 atom stereocenters. The fourth-order valence-corrected chi connectivity index (χ4v) is 2.51. The highest BCUT2D eigenvalue weighted by molar-refractivity contribution is 7.85. The maximum Gasteiger partial charge on any atom is 0.266 e. The van der Waals surface area contributed by atoms with E-state index in [4.69, 9.17) is 4.55 Å². The lowest BCUT2D eigenvalue weighted by Crippen LogP contribution is -2.26. The average Bonchev–Trinajstić information content (AvgIpc) is 2.41. The van der Waals surface area contributed by atoms with Gasteiger partial charge in [0.2, 0.25) is 0 Å². The minimum absolute atomic E-state index is 0.123. The largest absolute Gasteiger partial charge is 0.337 e. The molecular weight excluding hydrogens is 290 g/mol. The second-order valence-corrected chi connectivity index (χ2v) is 6.23. The van der Waals surface area contributed by atoms with Crippen molar-refractivity contribution in [2.75, 3.05) is 17.2 Å². The van der Waals surface area contributed by atoms with Crippen molar-refractivity contribution in [3.05, 3.63) is 48.0 Å².